The third-order valence-electron chi connectivity index (χ3n) is 3.57. The van der Waals surface area contributed by atoms with E-state index < -0.39 is 5.97 Å². The molecular weight excluding hydrogens is 314 g/mol. The number of hydrogen-bond donors (Lipinski definition) is 1. The highest BCUT2D eigenvalue weighted by atomic mass is 35.5. The molecule has 0 bridgehead atoms. The third-order valence-corrected chi connectivity index (χ3v) is 3.79. The normalized spacial score (nSPS) is 11.2. The van der Waals surface area contributed by atoms with Crippen molar-refractivity contribution in [2.24, 2.45) is 0 Å². The lowest BCUT2D eigenvalue weighted by Crippen LogP contribution is -2.05. The number of carbonyl (C=O) groups excluding carboxylic acids is 1. The highest BCUT2D eigenvalue weighted by Crippen LogP contribution is 2.16. The molecule has 0 spiro atoms. The molecule has 23 heavy (non-hydrogen) atoms. The third kappa shape index (κ3) is 2.66. The highest BCUT2D eigenvalue weighted by Gasteiger charge is 2.12. The number of imidazole rings is 1. The maximum absolute atomic E-state index is 12.1. The minimum Gasteiger partial charge on any atom is -0.454 e. The molecule has 3 heterocycles. The molecule has 0 saturated heterocycles. The lowest BCUT2D eigenvalue weighted by atomic mass is 10.2. The van der Waals surface area contributed by atoms with Gasteiger partial charge in [-0.15, -0.1) is 0 Å². The van der Waals surface area contributed by atoms with Crippen LogP contribution < -0.4 is 0 Å². The first-order chi connectivity index (χ1) is 11.2. The van der Waals surface area contributed by atoms with Crippen molar-refractivity contribution >= 4 is 34.1 Å². The number of benzene rings is 1. The molecule has 0 unspecified atom stereocenters. The van der Waals surface area contributed by atoms with E-state index in [0.717, 1.165) is 16.6 Å². The molecule has 0 amide bonds. The van der Waals surface area contributed by atoms with Crippen LogP contribution in [0.3, 0.4) is 0 Å². The number of rotatable bonds is 3. The van der Waals surface area contributed by atoms with Gasteiger partial charge in [-0.05, 0) is 24.3 Å². The molecule has 114 valence electrons. The number of ether oxygens (including phenoxy) is 1. The van der Waals surface area contributed by atoms with E-state index in [1.54, 1.807) is 28.9 Å². The van der Waals surface area contributed by atoms with Crippen LogP contribution in [0.2, 0.25) is 5.02 Å². The Kier molecular flexibility index (Phi) is 3.28. The number of para-hydroxylation sites is 1. The van der Waals surface area contributed by atoms with Crippen molar-refractivity contribution in [2.45, 2.75) is 6.61 Å². The summed E-state index contributed by atoms with van der Waals surface area (Å²) in [5.41, 5.74) is 2.75. The number of halogens is 1. The van der Waals surface area contributed by atoms with E-state index in [9.17, 15) is 4.79 Å². The average molecular weight is 326 g/mol. The number of esters is 1. The lowest BCUT2D eigenvalue weighted by Gasteiger charge is -2.00. The summed E-state index contributed by atoms with van der Waals surface area (Å²) in [6.07, 6.45) is 3.55. The van der Waals surface area contributed by atoms with Gasteiger partial charge in [-0.1, -0.05) is 29.8 Å². The molecule has 4 rings (SSSR count). The molecule has 5 nitrogen and oxygen atoms in total. The topological polar surface area (TPSA) is 59.4 Å². The van der Waals surface area contributed by atoms with Crippen LogP contribution >= 0.6 is 11.6 Å². The van der Waals surface area contributed by atoms with Gasteiger partial charge in [-0.25, -0.2) is 9.78 Å². The van der Waals surface area contributed by atoms with E-state index in [2.05, 4.69) is 9.97 Å². The Labute approximate surface area is 136 Å². The van der Waals surface area contributed by atoms with E-state index in [1.807, 2.05) is 30.3 Å². The smallest absolute Gasteiger partial charge is 0.355 e. The number of fused-ring (bicyclic) bond motifs is 2. The second-order valence-electron chi connectivity index (χ2n) is 5.19. The molecule has 0 atom stereocenters. The van der Waals surface area contributed by atoms with Gasteiger partial charge in [0.1, 0.15) is 17.9 Å². The molecule has 1 N–H and O–H groups in total. The van der Waals surface area contributed by atoms with Crippen LogP contribution in [0.1, 0.15) is 16.2 Å². The Bertz CT molecular complexity index is 986. The van der Waals surface area contributed by atoms with Gasteiger partial charge in [0.25, 0.3) is 0 Å². The predicted molar refractivity (Wildman–Crippen MR) is 87.6 cm³/mol. The summed E-state index contributed by atoms with van der Waals surface area (Å²) in [5.74, 6) is -0.406. The number of hydrogen-bond acceptors (Lipinski definition) is 3. The summed E-state index contributed by atoms with van der Waals surface area (Å²) in [7, 11) is 0. The summed E-state index contributed by atoms with van der Waals surface area (Å²) in [4.78, 5) is 19.6. The van der Waals surface area contributed by atoms with Crippen LogP contribution in [0.25, 0.3) is 16.6 Å². The van der Waals surface area contributed by atoms with E-state index in [-0.39, 0.29) is 6.61 Å². The summed E-state index contributed by atoms with van der Waals surface area (Å²) in [5, 5.41) is 1.60. The quantitative estimate of drug-likeness (QED) is 0.582. The number of carbonyl (C=O) groups is 1. The summed E-state index contributed by atoms with van der Waals surface area (Å²) in [6.45, 7) is 0.105. The Morgan fingerprint density at radius 3 is 2.96 bits per heavy atom. The maximum atomic E-state index is 12.1. The summed E-state index contributed by atoms with van der Waals surface area (Å²) < 4.78 is 7.12. The van der Waals surface area contributed by atoms with E-state index >= 15 is 0 Å². The first kappa shape index (κ1) is 13.8. The fraction of sp³-hybridized carbons (Fsp3) is 0.0588. The highest BCUT2D eigenvalue weighted by molar-refractivity contribution is 6.30. The molecule has 0 aliphatic carbocycles. The first-order valence-corrected chi connectivity index (χ1v) is 7.45. The number of aromatic nitrogens is 3. The monoisotopic (exact) mass is 325 g/mol. The van der Waals surface area contributed by atoms with Crippen LogP contribution in [0.15, 0.2) is 54.9 Å². The van der Waals surface area contributed by atoms with Crippen molar-refractivity contribution in [3.8, 4) is 0 Å². The molecule has 0 fully saturated rings. The van der Waals surface area contributed by atoms with Gasteiger partial charge in [0.2, 0.25) is 0 Å². The van der Waals surface area contributed by atoms with Gasteiger partial charge in [0.05, 0.1) is 10.7 Å². The Hall–Kier alpha value is -2.79. The standard InChI is InChI=1S/C17H12ClN3O2/c18-12-5-6-16-19-13(9-21(16)8-12)10-23-17(22)15-7-11-3-1-2-4-14(11)20-15/h1-9,20H,10H2. The van der Waals surface area contributed by atoms with Crippen LogP contribution in [0.5, 0.6) is 0 Å². The largest absolute Gasteiger partial charge is 0.454 e. The molecular formula is C17H12ClN3O2. The fourth-order valence-corrected chi connectivity index (χ4v) is 2.66. The van der Waals surface area contributed by atoms with Gasteiger partial charge >= 0.3 is 5.97 Å². The van der Waals surface area contributed by atoms with Crippen LogP contribution in [-0.4, -0.2) is 20.3 Å². The predicted octanol–water partition coefficient (Wildman–Crippen LogP) is 3.83. The molecule has 0 radical (unpaired) electrons. The van der Waals surface area contributed by atoms with Crippen LogP contribution in [-0.2, 0) is 11.3 Å². The Balaban J connectivity index is 1.51. The van der Waals surface area contributed by atoms with Crippen molar-refractivity contribution < 1.29 is 9.53 Å². The zero-order valence-electron chi connectivity index (χ0n) is 12.0. The number of nitrogens with zero attached hydrogens (tertiary/aromatic N) is 2. The average Bonchev–Trinajstić information content (AvgIpc) is 3.15. The molecule has 3 aromatic heterocycles. The van der Waals surface area contributed by atoms with Crippen LogP contribution in [0, 0.1) is 0 Å². The molecule has 0 saturated carbocycles. The van der Waals surface area contributed by atoms with Crippen molar-refractivity contribution in [3.05, 3.63) is 71.3 Å². The maximum Gasteiger partial charge on any atom is 0.355 e. The first-order valence-electron chi connectivity index (χ1n) is 7.07. The molecule has 4 aromatic rings. The van der Waals surface area contributed by atoms with Gasteiger partial charge in [-0.3, -0.25) is 0 Å². The summed E-state index contributed by atoms with van der Waals surface area (Å²) in [6, 6.07) is 13.0. The summed E-state index contributed by atoms with van der Waals surface area (Å²) >= 11 is 5.94. The van der Waals surface area contributed by atoms with Gasteiger partial charge in [0.15, 0.2) is 0 Å². The van der Waals surface area contributed by atoms with Gasteiger partial charge in [0, 0.05) is 23.3 Å². The van der Waals surface area contributed by atoms with E-state index in [0.29, 0.717) is 16.4 Å². The van der Waals surface area contributed by atoms with Crippen molar-refractivity contribution in [1.29, 1.82) is 0 Å². The zero-order valence-corrected chi connectivity index (χ0v) is 12.7. The van der Waals surface area contributed by atoms with Crippen molar-refractivity contribution in [3.63, 3.8) is 0 Å². The van der Waals surface area contributed by atoms with E-state index in [4.69, 9.17) is 16.3 Å². The minimum absolute atomic E-state index is 0.105. The molecule has 6 heteroatoms. The molecule has 1 aromatic carbocycles. The lowest BCUT2D eigenvalue weighted by molar-refractivity contribution is 0.0462. The van der Waals surface area contributed by atoms with E-state index in [1.165, 1.54) is 0 Å². The molecule has 0 aliphatic rings. The van der Waals surface area contributed by atoms with Crippen LogP contribution in [0.4, 0.5) is 0 Å². The second kappa shape index (κ2) is 5.44. The second-order valence-corrected chi connectivity index (χ2v) is 5.63. The van der Waals surface area contributed by atoms with Crippen molar-refractivity contribution in [1.82, 2.24) is 14.4 Å². The number of nitrogens with one attached hydrogen (secondary N) is 1. The number of pyridine rings is 1. The van der Waals surface area contributed by atoms with Gasteiger partial charge < -0.3 is 14.1 Å². The zero-order chi connectivity index (χ0) is 15.8. The Morgan fingerprint density at radius 1 is 1.22 bits per heavy atom. The number of H-pyrrole nitrogens is 1. The fourth-order valence-electron chi connectivity index (χ4n) is 2.49. The molecule has 0 aliphatic heterocycles. The Morgan fingerprint density at radius 2 is 2.09 bits per heavy atom. The van der Waals surface area contributed by atoms with Crippen molar-refractivity contribution in [2.75, 3.05) is 0 Å². The minimum atomic E-state index is -0.406. The SMILES string of the molecule is O=C(OCc1cn2cc(Cl)ccc2n1)c1cc2ccccc2[nH]1. The number of aromatic amines is 1. The van der Waals surface area contributed by atoms with Gasteiger partial charge in [-0.2, -0.15) is 0 Å².